The number of amides is 1. The van der Waals surface area contributed by atoms with E-state index in [1.54, 1.807) is 35.0 Å². The van der Waals surface area contributed by atoms with Gasteiger partial charge in [0.15, 0.2) is 0 Å². The maximum atomic E-state index is 13.9. The standard InChI is InChI=1S/C17H22F2N4O/c1-13(23-8-4-7-20-23)17(24)22(10-9-21(2)3)12-14-5-6-15(18)11-16(14)19/h4-8,11,13H,9-10,12H2,1-3H3. The van der Waals surface area contributed by atoms with Gasteiger partial charge in [-0.25, -0.2) is 8.78 Å². The zero-order chi connectivity index (χ0) is 17.7. The molecule has 1 aromatic heterocycles. The molecule has 0 aliphatic heterocycles. The molecule has 0 saturated carbocycles. The lowest BCUT2D eigenvalue weighted by atomic mass is 10.1. The Morgan fingerprint density at radius 3 is 2.62 bits per heavy atom. The van der Waals surface area contributed by atoms with Crippen molar-refractivity contribution in [1.82, 2.24) is 19.6 Å². The van der Waals surface area contributed by atoms with Crippen molar-refractivity contribution < 1.29 is 13.6 Å². The first-order valence-corrected chi connectivity index (χ1v) is 7.75. The topological polar surface area (TPSA) is 41.4 Å². The van der Waals surface area contributed by atoms with Crippen LogP contribution in [0.3, 0.4) is 0 Å². The number of nitrogens with zero attached hydrogens (tertiary/aromatic N) is 4. The Kier molecular flexibility index (Phi) is 6.03. The van der Waals surface area contributed by atoms with Crippen LogP contribution in [0.2, 0.25) is 0 Å². The molecule has 0 bridgehead atoms. The molecule has 7 heteroatoms. The molecule has 24 heavy (non-hydrogen) atoms. The van der Waals surface area contributed by atoms with Crippen LogP contribution >= 0.6 is 0 Å². The summed E-state index contributed by atoms with van der Waals surface area (Å²) in [5.41, 5.74) is 0.288. The SMILES string of the molecule is CC(C(=O)N(CCN(C)C)Cc1ccc(F)cc1F)n1cccn1. The van der Waals surface area contributed by atoms with E-state index in [-0.39, 0.29) is 18.0 Å². The van der Waals surface area contributed by atoms with Crippen LogP contribution in [0.5, 0.6) is 0 Å². The normalized spacial score (nSPS) is 12.4. The van der Waals surface area contributed by atoms with Gasteiger partial charge >= 0.3 is 0 Å². The van der Waals surface area contributed by atoms with E-state index in [0.717, 1.165) is 6.07 Å². The van der Waals surface area contributed by atoms with Crippen LogP contribution < -0.4 is 0 Å². The number of likely N-dealkylation sites (N-methyl/N-ethyl adjacent to an activating group) is 1. The first kappa shape index (κ1) is 18.1. The maximum absolute atomic E-state index is 13.9. The molecule has 1 aromatic carbocycles. The number of carbonyl (C=O) groups is 1. The molecule has 1 heterocycles. The van der Waals surface area contributed by atoms with Gasteiger partial charge in [0.2, 0.25) is 5.91 Å². The molecule has 0 aliphatic carbocycles. The number of hydrogen-bond acceptors (Lipinski definition) is 3. The first-order valence-electron chi connectivity index (χ1n) is 7.75. The molecule has 1 atom stereocenters. The molecule has 0 aliphatic rings. The third kappa shape index (κ3) is 4.61. The van der Waals surface area contributed by atoms with Crippen molar-refractivity contribution in [2.24, 2.45) is 0 Å². The Labute approximate surface area is 140 Å². The summed E-state index contributed by atoms with van der Waals surface area (Å²) >= 11 is 0. The number of aromatic nitrogens is 2. The van der Waals surface area contributed by atoms with Crippen molar-refractivity contribution in [2.45, 2.75) is 19.5 Å². The van der Waals surface area contributed by atoms with E-state index < -0.39 is 17.7 Å². The Morgan fingerprint density at radius 2 is 2.04 bits per heavy atom. The second-order valence-electron chi connectivity index (χ2n) is 5.96. The third-order valence-electron chi connectivity index (χ3n) is 3.78. The van der Waals surface area contributed by atoms with Crippen LogP contribution in [0, 0.1) is 11.6 Å². The number of carbonyl (C=O) groups excluding carboxylic acids is 1. The van der Waals surface area contributed by atoms with E-state index >= 15 is 0 Å². The summed E-state index contributed by atoms with van der Waals surface area (Å²) in [6.07, 6.45) is 3.32. The molecule has 2 rings (SSSR count). The van der Waals surface area contributed by atoms with Crippen molar-refractivity contribution in [3.8, 4) is 0 Å². The van der Waals surface area contributed by atoms with Gasteiger partial charge in [-0.05, 0) is 33.2 Å². The second-order valence-corrected chi connectivity index (χ2v) is 5.96. The monoisotopic (exact) mass is 336 g/mol. The van der Waals surface area contributed by atoms with Crippen LogP contribution in [0.15, 0.2) is 36.7 Å². The molecule has 0 N–H and O–H groups in total. The molecule has 1 unspecified atom stereocenters. The van der Waals surface area contributed by atoms with Gasteiger partial charge in [0.05, 0.1) is 0 Å². The van der Waals surface area contributed by atoms with Gasteiger partial charge in [0, 0.05) is 43.7 Å². The molecule has 130 valence electrons. The minimum atomic E-state index is -0.649. The number of halogens is 2. The highest BCUT2D eigenvalue weighted by Gasteiger charge is 2.23. The second kappa shape index (κ2) is 8.01. The first-order chi connectivity index (χ1) is 11.4. The Balaban J connectivity index is 2.18. The van der Waals surface area contributed by atoms with Crippen LogP contribution in [0.25, 0.3) is 0 Å². The van der Waals surface area contributed by atoms with Crippen molar-refractivity contribution in [3.05, 3.63) is 53.9 Å². The fourth-order valence-electron chi connectivity index (χ4n) is 2.33. The highest BCUT2D eigenvalue weighted by atomic mass is 19.1. The number of benzene rings is 1. The minimum Gasteiger partial charge on any atom is -0.335 e. The van der Waals surface area contributed by atoms with Crippen LogP contribution in [-0.4, -0.2) is 52.7 Å². The number of rotatable bonds is 7. The number of hydrogen-bond donors (Lipinski definition) is 0. The average molecular weight is 336 g/mol. The summed E-state index contributed by atoms with van der Waals surface area (Å²) in [7, 11) is 3.80. The lowest BCUT2D eigenvalue weighted by Crippen LogP contribution is -2.40. The van der Waals surface area contributed by atoms with E-state index in [1.807, 2.05) is 19.0 Å². The average Bonchev–Trinajstić information content (AvgIpc) is 3.06. The summed E-state index contributed by atoms with van der Waals surface area (Å²) in [5, 5.41) is 4.09. The Hall–Kier alpha value is -2.28. The molecule has 0 spiro atoms. The predicted molar refractivity (Wildman–Crippen MR) is 87.3 cm³/mol. The smallest absolute Gasteiger partial charge is 0.247 e. The Bertz CT molecular complexity index is 673. The molecule has 1 amide bonds. The van der Waals surface area contributed by atoms with Gasteiger partial charge < -0.3 is 9.80 Å². The largest absolute Gasteiger partial charge is 0.335 e. The van der Waals surface area contributed by atoms with E-state index in [0.29, 0.717) is 13.1 Å². The minimum absolute atomic E-state index is 0.0877. The van der Waals surface area contributed by atoms with Gasteiger partial charge in [-0.3, -0.25) is 9.48 Å². The molecule has 5 nitrogen and oxygen atoms in total. The van der Waals surface area contributed by atoms with Crippen LogP contribution in [-0.2, 0) is 11.3 Å². The maximum Gasteiger partial charge on any atom is 0.247 e. The van der Waals surface area contributed by atoms with E-state index in [4.69, 9.17) is 0 Å². The van der Waals surface area contributed by atoms with E-state index in [2.05, 4.69) is 5.10 Å². The predicted octanol–water partition coefficient (Wildman–Crippen LogP) is 2.31. The zero-order valence-corrected chi connectivity index (χ0v) is 14.1. The molecule has 0 saturated heterocycles. The van der Waals surface area contributed by atoms with Gasteiger partial charge in [-0.1, -0.05) is 6.07 Å². The third-order valence-corrected chi connectivity index (χ3v) is 3.78. The van der Waals surface area contributed by atoms with Crippen LogP contribution in [0.4, 0.5) is 8.78 Å². The van der Waals surface area contributed by atoms with Gasteiger partial charge in [0.25, 0.3) is 0 Å². The summed E-state index contributed by atoms with van der Waals surface area (Å²) in [5.74, 6) is -1.44. The van der Waals surface area contributed by atoms with Gasteiger partial charge in [-0.2, -0.15) is 5.10 Å². The van der Waals surface area contributed by atoms with Crippen molar-refractivity contribution in [2.75, 3.05) is 27.2 Å². The molecule has 0 radical (unpaired) electrons. The van der Waals surface area contributed by atoms with Gasteiger partial charge in [0.1, 0.15) is 17.7 Å². The Morgan fingerprint density at radius 1 is 1.29 bits per heavy atom. The zero-order valence-electron chi connectivity index (χ0n) is 14.1. The lowest BCUT2D eigenvalue weighted by Gasteiger charge is -2.27. The highest BCUT2D eigenvalue weighted by Crippen LogP contribution is 2.16. The van der Waals surface area contributed by atoms with E-state index in [1.165, 1.54) is 12.1 Å². The highest BCUT2D eigenvalue weighted by molar-refractivity contribution is 5.80. The van der Waals surface area contributed by atoms with Crippen LogP contribution in [0.1, 0.15) is 18.5 Å². The summed E-state index contributed by atoms with van der Waals surface area (Å²) in [4.78, 5) is 16.3. The van der Waals surface area contributed by atoms with Crippen molar-refractivity contribution in [3.63, 3.8) is 0 Å². The van der Waals surface area contributed by atoms with Crippen molar-refractivity contribution in [1.29, 1.82) is 0 Å². The molecular formula is C17H22F2N4O. The van der Waals surface area contributed by atoms with Gasteiger partial charge in [-0.15, -0.1) is 0 Å². The quantitative estimate of drug-likeness (QED) is 0.779. The summed E-state index contributed by atoms with van der Waals surface area (Å²) in [6.45, 7) is 2.91. The fourth-order valence-corrected chi connectivity index (χ4v) is 2.33. The lowest BCUT2D eigenvalue weighted by molar-refractivity contribution is -0.135. The van der Waals surface area contributed by atoms with Crippen molar-refractivity contribution >= 4 is 5.91 Å². The molecule has 2 aromatic rings. The molecule has 0 fully saturated rings. The molecular weight excluding hydrogens is 314 g/mol. The summed E-state index contributed by atoms with van der Waals surface area (Å²) in [6, 6.07) is 4.66. The van der Waals surface area contributed by atoms with E-state index in [9.17, 15) is 13.6 Å². The fraction of sp³-hybridized carbons (Fsp3) is 0.412. The summed E-state index contributed by atoms with van der Waals surface area (Å²) < 4.78 is 28.6.